The highest BCUT2D eigenvalue weighted by Crippen LogP contribution is 2.36. The molecule has 0 saturated carbocycles. The van der Waals surface area contributed by atoms with E-state index < -0.39 is 17.8 Å². The number of carbonyl (C=O) groups is 1. The summed E-state index contributed by atoms with van der Waals surface area (Å²) >= 11 is 0. The van der Waals surface area contributed by atoms with E-state index in [0.29, 0.717) is 13.1 Å². The molecular formula is C21H23F3N6O. The standard InChI is InChI=1S/C21H23F3N6O/c1-28(2)11-12-29(15-16-5-3-8-25-14-16)20(31)27-19-7-6-17(30-10-4-9-26-30)13-18(19)21(22,23)24/h3-10,13-14H,11-12,15H2,1-2H3,(H,27,31). The van der Waals surface area contributed by atoms with Crippen molar-refractivity contribution < 1.29 is 18.0 Å². The molecule has 1 aromatic carbocycles. The monoisotopic (exact) mass is 432 g/mol. The zero-order valence-corrected chi connectivity index (χ0v) is 17.2. The Morgan fingerprint density at radius 2 is 1.94 bits per heavy atom. The fraction of sp³-hybridized carbons (Fsp3) is 0.286. The lowest BCUT2D eigenvalue weighted by Crippen LogP contribution is -2.39. The van der Waals surface area contributed by atoms with Crippen molar-refractivity contribution in [3.63, 3.8) is 0 Å². The van der Waals surface area contributed by atoms with E-state index in [9.17, 15) is 18.0 Å². The van der Waals surface area contributed by atoms with Gasteiger partial charge in [0.2, 0.25) is 0 Å². The van der Waals surface area contributed by atoms with E-state index >= 15 is 0 Å². The van der Waals surface area contributed by atoms with Crippen molar-refractivity contribution in [1.82, 2.24) is 24.6 Å². The topological polar surface area (TPSA) is 66.3 Å². The Balaban J connectivity index is 1.86. The van der Waals surface area contributed by atoms with Crippen molar-refractivity contribution in [2.24, 2.45) is 0 Å². The maximum absolute atomic E-state index is 13.7. The van der Waals surface area contributed by atoms with E-state index in [4.69, 9.17) is 0 Å². The van der Waals surface area contributed by atoms with Gasteiger partial charge in [-0.05, 0) is 50.0 Å². The summed E-state index contributed by atoms with van der Waals surface area (Å²) in [5.41, 5.74) is -0.228. The van der Waals surface area contributed by atoms with Gasteiger partial charge < -0.3 is 15.1 Å². The number of aromatic nitrogens is 3. The van der Waals surface area contributed by atoms with Gasteiger partial charge in [-0.2, -0.15) is 18.3 Å². The summed E-state index contributed by atoms with van der Waals surface area (Å²) in [6.07, 6.45) is 1.61. The highest BCUT2D eigenvalue weighted by Gasteiger charge is 2.35. The van der Waals surface area contributed by atoms with E-state index in [2.05, 4.69) is 15.4 Å². The van der Waals surface area contributed by atoms with Crippen LogP contribution in [0.25, 0.3) is 5.69 Å². The molecular weight excluding hydrogens is 409 g/mol. The lowest BCUT2D eigenvalue weighted by atomic mass is 10.1. The lowest BCUT2D eigenvalue weighted by molar-refractivity contribution is -0.136. The number of benzene rings is 1. The van der Waals surface area contributed by atoms with Crippen LogP contribution in [0.3, 0.4) is 0 Å². The molecule has 0 aliphatic rings. The number of carbonyl (C=O) groups excluding carboxylic acids is 1. The summed E-state index contributed by atoms with van der Waals surface area (Å²) in [6, 6.07) is 8.23. The Bertz CT molecular complexity index is 990. The van der Waals surface area contributed by atoms with Crippen LogP contribution in [0.15, 0.2) is 61.2 Å². The molecule has 3 aromatic rings. The first-order chi connectivity index (χ1) is 14.7. The highest BCUT2D eigenvalue weighted by atomic mass is 19.4. The van der Waals surface area contributed by atoms with Crippen LogP contribution in [0.1, 0.15) is 11.1 Å². The predicted molar refractivity (Wildman–Crippen MR) is 111 cm³/mol. The average molecular weight is 432 g/mol. The van der Waals surface area contributed by atoms with Crippen LogP contribution in [0.2, 0.25) is 0 Å². The third-order valence-electron chi connectivity index (χ3n) is 4.52. The quantitative estimate of drug-likeness (QED) is 0.615. The first-order valence-corrected chi connectivity index (χ1v) is 9.55. The van der Waals surface area contributed by atoms with E-state index in [1.54, 1.807) is 30.7 Å². The molecule has 0 unspecified atom stereocenters. The first kappa shape index (κ1) is 22.3. The zero-order valence-electron chi connectivity index (χ0n) is 17.2. The van der Waals surface area contributed by atoms with Crippen LogP contribution < -0.4 is 5.32 Å². The van der Waals surface area contributed by atoms with Crippen molar-refractivity contribution >= 4 is 11.7 Å². The fourth-order valence-corrected chi connectivity index (χ4v) is 2.92. The number of pyridine rings is 1. The molecule has 0 fully saturated rings. The van der Waals surface area contributed by atoms with Crippen molar-refractivity contribution in [3.05, 3.63) is 72.3 Å². The Morgan fingerprint density at radius 3 is 2.55 bits per heavy atom. The van der Waals surface area contributed by atoms with Gasteiger partial charge in [-0.1, -0.05) is 6.07 Å². The van der Waals surface area contributed by atoms with Gasteiger partial charge in [0.25, 0.3) is 0 Å². The molecule has 0 radical (unpaired) electrons. The second-order valence-electron chi connectivity index (χ2n) is 7.19. The van der Waals surface area contributed by atoms with E-state index in [0.717, 1.165) is 11.6 Å². The molecule has 2 heterocycles. The Hall–Kier alpha value is -3.40. The van der Waals surface area contributed by atoms with E-state index in [1.807, 2.05) is 25.1 Å². The smallest absolute Gasteiger partial charge is 0.319 e. The van der Waals surface area contributed by atoms with Crippen LogP contribution in [0.5, 0.6) is 0 Å². The van der Waals surface area contributed by atoms with Crippen LogP contribution >= 0.6 is 0 Å². The maximum Gasteiger partial charge on any atom is 0.418 e. The molecule has 0 aliphatic heterocycles. The van der Waals surface area contributed by atoms with Gasteiger partial charge in [0.05, 0.1) is 16.9 Å². The van der Waals surface area contributed by atoms with Crippen LogP contribution in [0.4, 0.5) is 23.7 Å². The summed E-state index contributed by atoms with van der Waals surface area (Å²) < 4.78 is 42.5. The van der Waals surface area contributed by atoms with Gasteiger partial charge in [-0.25, -0.2) is 9.48 Å². The molecule has 3 rings (SSSR count). The minimum atomic E-state index is -4.65. The van der Waals surface area contributed by atoms with Gasteiger partial charge >= 0.3 is 12.2 Å². The number of hydrogen-bond donors (Lipinski definition) is 1. The molecule has 31 heavy (non-hydrogen) atoms. The highest BCUT2D eigenvalue weighted by molar-refractivity contribution is 5.90. The summed E-state index contributed by atoms with van der Waals surface area (Å²) in [5, 5.41) is 6.39. The second kappa shape index (κ2) is 9.61. The Kier molecular flexibility index (Phi) is 6.91. The number of likely N-dealkylation sites (N-methyl/N-ethyl adjacent to an activating group) is 1. The summed E-state index contributed by atoms with van der Waals surface area (Å²) in [5.74, 6) is 0. The normalized spacial score (nSPS) is 11.5. The van der Waals surface area contributed by atoms with Crippen molar-refractivity contribution in [2.45, 2.75) is 12.7 Å². The number of hydrogen-bond acceptors (Lipinski definition) is 4. The van der Waals surface area contributed by atoms with Crippen LogP contribution in [-0.4, -0.2) is 57.8 Å². The number of amides is 2. The maximum atomic E-state index is 13.7. The molecule has 7 nitrogen and oxygen atoms in total. The van der Waals surface area contributed by atoms with Crippen molar-refractivity contribution in [3.8, 4) is 5.69 Å². The third-order valence-corrected chi connectivity index (χ3v) is 4.52. The molecule has 1 N–H and O–H groups in total. The van der Waals surface area contributed by atoms with Crippen molar-refractivity contribution in [1.29, 1.82) is 0 Å². The average Bonchev–Trinajstić information content (AvgIpc) is 3.26. The Labute approximate surface area is 178 Å². The molecule has 0 bridgehead atoms. The predicted octanol–water partition coefficient (Wildman–Crippen LogP) is 3.88. The summed E-state index contributed by atoms with van der Waals surface area (Å²) in [4.78, 5) is 20.3. The first-order valence-electron chi connectivity index (χ1n) is 9.55. The molecule has 0 spiro atoms. The number of halogens is 3. The SMILES string of the molecule is CN(C)CCN(Cc1cccnc1)C(=O)Nc1ccc(-n2cccn2)cc1C(F)(F)F. The van der Waals surface area contributed by atoms with Gasteiger partial charge in [-0.15, -0.1) is 0 Å². The lowest BCUT2D eigenvalue weighted by Gasteiger charge is -2.25. The second-order valence-corrected chi connectivity index (χ2v) is 7.19. The third kappa shape index (κ3) is 6.05. The fourth-order valence-electron chi connectivity index (χ4n) is 2.92. The molecule has 2 amide bonds. The molecule has 10 heteroatoms. The number of anilines is 1. The molecule has 164 valence electrons. The minimum absolute atomic E-state index is 0.222. The Morgan fingerprint density at radius 1 is 1.13 bits per heavy atom. The van der Waals surface area contributed by atoms with Crippen LogP contribution in [-0.2, 0) is 12.7 Å². The number of urea groups is 1. The van der Waals surface area contributed by atoms with Crippen molar-refractivity contribution in [2.75, 3.05) is 32.5 Å². The van der Waals surface area contributed by atoms with Gasteiger partial charge in [-0.3, -0.25) is 4.98 Å². The molecule has 0 aliphatic carbocycles. The number of nitrogens with zero attached hydrogens (tertiary/aromatic N) is 5. The summed E-state index contributed by atoms with van der Waals surface area (Å²) in [7, 11) is 3.71. The number of rotatable bonds is 7. The van der Waals surface area contributed by atoms with Gasteiger partial charge in [0, 0.05) is 44.4 Å². The molecule has 0 atom stereocenters. The van der Waals surface area contributed by atoms with Gasteiger partial charge in [0.15, 0.2) is 0 Å². The largest absolute Gasteiger partial charge is 0.418 e. The molecule has 0 saturated heterocycles. The van der Waals surface area contributed by atoms with Gasteiger partial charge in [0.1, 0.15) is 0 Å². The minimum Gasteiger partial charge on any atom is -0.319 e. The molecule has 2 aromatic heterocycles. The van der Waals surface area contributed by atoms with E-state index in [1.165, 1.54) is 27.9 Å². The number of alkyl halides is 3. The van der Waals surface area contributed by atoms with E-state index in [-0.39, 0.29) is 17.9 Å². The summed E-state index contributed by atoms with van der Waals surface area (Å²) in [6.45, 7) is 1.11. The number of nitrogens with one attached hydrogen (secondary N) is 1. The van der Waals surface area contributed by atoms with Crippen LogP contribution in [0, 0.1) is 0 Å². The zero-order chi connectivity index (χ0) is 22.4.